The summed E-state index contributed by atoms with van der Waals surface area (Å²) in [5, 5.41) is 12.4. The molecular formula is C13H19F3N4O. The number of nitrogens with one attached hydrogen (secondary N) is 1. The van der Waals surface area contributed by atoms with Crippen molar-refractivity contribution in [1.82, 2.24) is 9.97 Å². The third-order valence-electron chi connectivity index (χ3n) is 3.49. The molecule has 1 aliphatic carbocycles. The fourth-order valence-electron chi connectivity index (χ4n) is 2.28. The molecule has 5 nitrogen and oxygen atoms in total. The third-order valence-corrected chi connectivity index (χ3v) is 3.49. The van der Waals surface area contributed by atoms with E-state index < -0.39 is 11.9 Å². The van der Waals surface area contributed by atoms with Gasteiger partial charge in [-0.25, -0.2) is 4.98 Å². The predicted molar refractivity (Wildman–Crippen MR) is 73.2 cm³/mol. The van der Waals surface area contributed by atoms with Gasteiger partial charge in [0.1, 0.15) is 5.82 Å². The van der Waals surface area contributed by atoms with Gasteiger partial charge in [-0.3, -0.25) is 0 Å². The average molecular weight is 304 g/mol. The van der Waals surface area contributed by atoms with E-state index in [1.54, 1.807) is 14.1 Å². The molecule has 1 saturated carbocycles. The van der Waals surface area contributed by atoms with Gasteiger partial charge in [0.2, 0.25) is 5.95 Å². The van der Waals surface area contributed by atoms with Gasteiger partial charge in [0.15, 0.2) is 5.69 Å². The highest BCUT2D eigenvalue weighted by Gasteiger charge is 2.34. The Morgan fingerprint density at radius 1 is 1.19 bits per heavy atom. The van der Waals surface area contributed by atoms with Gasteiger partial charge in [-0.2, -0.15) is 18.2 Å². The van der Waals surface area contributed by atoms with Crippen molar-refractivity contribution in [1.29, 1.82) is 0 Å². The third kappa shape index (κ3) is 4.20. The molecule has 2 N–H and O–H groups in total. The minimum Gasteiger partial charge on any atom is -0.393 e. The number of hydrogen-bond donors (Lipinski definition) is 2. The predicted octanol–water partition coefficient (Wildman–Crippen LogP) is 2.28. The molecule has 1 aromatic rings. The Morgan fingerprint density at radius 2 is 1.81 bits per heavy atom. The maximum absolute atomic E-state index is 12.9. The molecular weight excluding hydrogens is 285 g/mol. The van der Waals surface area contributed by atoms with Crippen LogP contribution in [0, 0.1) is 0 Å². The molecule has 21 heavy (non-hydrogen) atoms. The van der Waals surface area contributed by atoms with Gasteiger partial charge in [-0.05, 0) is 25.7 Å². The van der Waals surface area contributed by atoms with Crippen LogP contribution in [-0.4, -0.2) is 41.3 Å². The van der Waals surface area contributed by atoms with E-state index in [0.717, 1.165) is 6.07 Å². The lowest BCUT2D eigenvalue weighted by Gasteiger charge is -2.26. The molecule has 0 saturated heterocycles. The van der Waals surface area contributed by atoms with Crippen LogP contribution in [0.15, 0.2) is 6.07 Å². The Bertz CT molecular complexity index is 485. The second-order valence-corrected chi connectivity index (χ2v) is 5.48. The zero-order chi connectivity index (χ0) is 15.6. The number of aliphatic hydroxyl groups excluding tert-OH is 1. The molecule has 0 aromatic carbocycles. The number of hydrogen-bond acceptors (Lipinski definition) is 5. The van der Waals surface area contributed by atoms with Crippen molar-refractivity contribution in [2.45, 2.75) is 44.0 Å². The molecule has 0 aliphatic heterocycles. The van der Waals surface area contributed by atoms with Crippen LogP contribution in [0.3, 0.4) is 0 Å². The van der Waals surface area contributed by atoms with E-state index in [1.807, 2.05) is 0 Å². The molecule has 0 atom stereocenters. The van der Waals surface area contributed by atoms with Crippen molar-refractivity contribution < 1.29 is 18.3 Å². The van der Waals surface area contributed by atoms with Crippen molar-refractivity contribution in [3.63, 3.8) is 0 Å². The SMILES string of the molecule is CN(C)c1cc(C(F)(F)F)nc(NC2CCC(O)CC2)n1. The molecule has 8 heteroatoms. The highest BCUT2D eigenvalue weighted by Crippen LogP contribution is 2.30. The fourth-order valence-corrected chi connectivity index (χ4v) is 2.28. The molecule has 0 amide bonds. The summed E-state index contributed by atoms with van der Waals surface area (Å²) in [6, 6.07) is 0.919. The number of anilines is 2. The van der Waals surface area contributed by atoms with Crippen molar-refractivity contribution in [2.75, 3.05) is 24.3 Å². The second kappa shape index (κ2) is 6.05. The Balaban J connectivity index is 2.20. The largest absolute Gasteiger partial charge is 0.433 e. The number of aliphatic hydroxyl groups is 1. The van der Waals surface area contributed by atoms with Crippen LogP contribution in [0.2, 0.25) is 0 Å². The van der Waals surface area contributed by atoms with Crippen LogP contribution in [0.4, 0.5) is 24.9 Å². The van der Waals surface area contributed by atoms with E-state index in [0.29, 0.717) is 25.7 Å². The molecule has 118 valence electrons. The summed E-state index contributed by atoms with van der Waals surface area (Å²) in [6.07, 6.45) is -2.17. The minimum absolute atomic E-state index is 0.00750. The van der Waals surface area contributed by atoms with E-state index in [2.05, 4.69) is 15.3 Å². The summed E-state index contributed by atoms with van der Waals surface area (Å²) < 4.78 is 38.6. The van der Waals surface area contributed by atoms with Gasteiger partial charge in [-0.1, -0.05) is 0 Å². The summed E-state index contributed by atoms with van der Waals surface area (Å²) in [6.45, 7) is 0. The first-order valence-corrected chi connectivity index (χ1v) is 6.84. The van der Waals surface area contributed by atoms with Crippen LogP contribution in [0.25, 0.3) is 0 Å². The summed E-state index contributed by atoms with van der Waals surface area (Å²) in [5.41, 5.74) is -0.959. The van der Waals surface area contributed by atoms with E-state index in [4.69, 9.17) is 0 Å². The first kappa shape index (κ1) is 15.8. The standard InChI is InChI=1S/C13H19F3N4O/c1-20(2)11-7-10(13(14,15)16)18-12(19-11)17-8-3-5-9(21)6-4-8/h7-9,21H,3-6H2,1-2H3,(H,17,18,19). The fraction of sp³-hybridized carbons (Fsp3) is 0.692. The maximum atomic E-state index is 12.9. The van der Waals surface area contributed by atoms with Crippen molar-refractivity contribution >= 4 is 11.8 Å². The number of halogens is 3. The van der Waals surface area contributed by atoms with Gasteiger partial charge < -0.3 is 15.3 Å². The molecule has 2 rings (SSSR count). The van der Waals surface area contributed by atoms with E-state index in [9.17, 15) is 18.3 Å². The van der Waals surface area contributed by atoms with Crippen LogP contribution < -0.4 is 10.2 Å². The van der Waals surface area contributed by atoms with Gasteiger partial charge >= 0.3 is 6.18 Å². The monoisotopic (exact) mass is 304 g/mol. The van der Waals surface area contributed by atoms with E-state index in [-0.39, 0.29) is 23.9 Å². The highest BCUT2D eigenvalue weighted by atomic mass is 19.4. The average Bonchev–Trinajstić information content (AvgIpc) is 2.40. The van der Waals surface area contributed by atoms with Crippen LogP contribution in [-0.2, 0) is 6.18 Å². The maximum Gasteiger partial charge on any atom is 0.433 e. The van der Waals surface area contributed by atoms with Crippen LogP contribution >= 0.6 is 0 Å². The lowest BCUT2D eigenvalue weighted by molar-refractivity contribution is -0.141. The van der Waals surface area contributed by atoms with Gasteiger partial charge in [-0.15, -0.1) is 0 Å². The topological polar surface area (TPSA) is 61.3 Å². The Kier molecular flexibility index (Phi) is 4.55. The Labute approximate surface area is 121 Å². The van der Waals surface area contributed by atoms with Crippen molar-refractivity contribution in [3.05, 3.63) is 11.8 Å². The quantitative estimate of drug-likeness (QED) is 0.897. The van der Waals surface area contributed by atoms with Gasteiger partial charge in [0.25, 0.3) is 0 Å². The zero-order valence-electron chi connectivity index (χ0n) is 12.0. The molecule has 0 bridgehead atoms. The number of aromatic nitrogens is 2. The molecule has 0 spiro atoms. The summed E-state index contributed by atoms with van der Waals surface area (Å²) >= 11 is 0. The molecule has 1 fully saturated rings. The number of rotatable bonds is 3. The molecule has 1 heterocycles. The van der Waals surface area contributed by atoms with Gasteiger partial charge in [0, 0.05) is 26.2 Å². The summed E-state index contributed by atoms with van der Waals surface area (Å²) in [7, 11) is 3.26. The molecule has 1 aliphatic rings. The van der Waals surface area contributed by atoms with Crippen molar-refractivity contribution in [3.8, 4) is 0 Å². The van der Waals surface area contributed by atoms with Crippen LogP contribution in [0.1, 0.15) is 31.4 Å². The molecule has 0 radical (unpaired) electrons. The number of nitrogens with zero attached hydrogens (tertiary/aromatic N) is 3. The van der Waals surface area contributed by atoms with E-state index in [1.165, 1.54) is 4.90 Å². The lowest BCUT2D eigenvalue weighted by atomic mass is 9.93. The summed E-state index contributed by atoms with van der Waals surface area (Å²) in [4.78, 5) is 9.17. The van der Waals surface area contributed by atoms with Gasteiger partial charge in [0.05, 0.1) is 6.10 Å². The minimum atomic E-state index is -4.51. The zero-order valence-corrected chi connectivity index (χ0v) is 12.0. The summed E-state index contributed by atoms with van der Waals surface area (Å²) in [5.74, 6) is 0.186. The normalized spacial score (nSPS) is 23.0. The Hall–Kier alpha value is -1.57. The van der Waals surface area contributed by atoms with Crippen LogP contribution in [0.5, 0.6) is 0 Å². The lowest BCUT2D eigenvalue weighted by Crippen LogP contribution is -2.29. The number of alkyl halides is 3. The van der Waals surface area contributed by atoms with E-state index >= 15 is 0 Å². The first-order chi connectivity index (χ1) is 9.75. The smallest absolute Gasteiger partial charge is 0.393 e. The molecule has 1 aromatic heterocycles. The first-order valence-electron chi connectivity index (χ1n) is 6.84. The molecule has 0 unspecified atom stereocenters. The Morgan fingerprint density at radius 3 is 2.33 bits per heavy atom. The second-order valence-electron chi connectivity index (χ2n) is 5.48. The highest BCUT2D eigenvalue weighted by molar-refractivity contribution is 5.44. The van der Waals surface area contributed by atoms with Crippen molar-refractivity contribution in [2.24, 2.45) is 0 Å².